The van der Waals surface area contributed by atoms with Gasteiger partial charge in [0.2, 0.25) is 0 Å². The summed E-state index contributed by atoms with van der Waals surface area (Å²) in [4.78, 5) is 17.4. The van der Waals surface area contributed by atoms with E-state index < -0.39 is 0 Å². The van der Waals surface area contributed by atoms with E-state index >= 15 is 0 Å². The lowest BCUT2D eigenvalue weighted by Gasteiger charge is -2.21. The number of imidazole rings is 1. The zero-order chi connectivity index (χ0) is 13.1. The Balaban J connectivity index is 1.49. The van der Waals surface area contributed by atoms with Gasteiger partial charge in [-0.15, -0.1) is 11.3 Å². The fourth-order valence-electron chi connectivity index (χ4n) is 2.69. The van der Waals surface area contributed by atoms with E-state index in [1.807, 2.05) is 22.2 Å². The first-order valence-corrected chi connectivity index (χ1v) is 7.83. The van der Waals surface area contributed by atoms with Crippen molar-refractivity contribution in [3.05, 3.63) is 23.5 Å². The number of Topliss-reactive ketones (excluding diaryl/α,β-unsaturated/α-hetero) is 1. The van der Waals surface area contributed by atoms with Gasteiger partial charge >= 0.3 is 0 Å². The van der Waals surface area contributed by atoms with Crippen molar-refractivity contribution in [1.82, 2.24) is 14.7 Å². The quantitative estimate of drug-likeness (QED) is 0.912. The molecule has 0 saturated carbocycles. The molecule has 102 valence electrons. The minimum absolute atomic E-state index is 0.323. The average molecular weight is 277 g/mol. The smallest absolute Gasteiger partial charge is 0.193 e. The van der Waals surface area contributed by atoms with Crippen LogP contribution in [-0.4, -0.2) is 28.3 Å². The Hall–Kier alpha value is -1.20. The number of nitrogens with one attached hydrogen (secondary N) is 1. The summed E-state index contributed by atoms with van der Waals surface area (Å²) in [5, 5.41) is 5.36. The van der Waals surface area contributed by atoms with Crippen molar-refractivity contribution >= 4 is 22.1 Å². The maximum Gasteiger partial charge on any atom is 0.193 e. The maximum absolute atomic E-state index is 12.0. The van der Waals surface area contributed by atoms with Crippen molar-refractivity contribution in [2.75, 3.05) is 13.1 Å². The number of carbonyl (C=O) groups excluding carboxylic acids is 1. The molecule has 2 aromatic rings. The molecule has 2 aromatic heterocycles. The molecule has 4 nitrogen and oxygen atoms in total. The number of hydrogen-bond donors (Lipinski definition) is 1. The number of thiazole rings is 1. The van der Waals surface area contributed by atoms with Crippen LogP contribution in [0.3, 0.4) is 0 Å². The number of rotatable bonds is 5. The first-order valence-electron chi connectivity index (χ1n) is 6.95. The second-order valence-corrected chi connectivity index (χ2v) is 6.15. The molecule has 0 unspecified atom stereocenters. The van der Waals surface area contributed by atoms with Crippen LogP contribution >= 0.6 is 11.3 Å². The van der Waals surface area contributed by atoms with Crippen LogP contribution in [0.15, 0.2) is 17.8 Å². The SMILES string of the molecule is O=C(CCC1CCNCC1)Cc1cn2ccsc2n1. The van der Waals surface area contributed by atoms with Gasteiger partial charge in [0.05, 0.1) is 12.1 Å². The van der Waals surface area contributed by atoms with Crippen molar-refractivity contribution in [3.8, 4) is 0 Å². The Labute approximate surface area is 116 Å². The van der Waals surface area contributed by atoms with Crippen molar-refractivity contribution < 1.29 is 4.79 Å². The van der Waals surface area contributed by atoms with Crippen molar-refractivity contribution in [2.24, 2.45) is 5.92 Å². The maximum atomic E-state index is 12.0. The Kier molecular flexibility index (Phi) is 3.94. The average Bonchev–Trinajstić information content (AvgIpc) is 2.98. The van der Waals surface area contributed by atoms with Crippen LogP contribution in [0.25, 0.3) is 4.96 Å². The van der Waals surface area contributed by atoms with Crippen LogP contribution in [0.4, 0.5) is 0 Å². The van der Waals surface area contributed by atoms with Crippen LogP contribution in [0.1, 0.15) is 31.4 Å². The molecule has 3 rings (SSSR count). The van der Waals surface area contributed by atoms with Gasteiger partial charge < -0.3 is 5.32 Å². The molecule has 0 aromatic carbocycles. The van der Waals surface area contributed by atoms with Crippen LogP contribution in [0.5, 0.6) is 0 Å². The van der Waals surface area contributed by atoms with Crippen LogP contribution in [0, 0.1) is 5.92 Å². The first-order chi connectivity index (χ1) is 9.31. The van der Waals surface area contributed by atoms with Gasteiger partial charge in [-0.05, 0) is 38.3 Å². The standard InChI is InChI=1S/C14H19N3OS/c18-13(2-1-11-3-5-15-6-4-11)9-12-10-17-7-8-19-14(17)16-12/h7-8,10-11,15H,1-6,9H2. The summed E-state index contributed by atoms with van der Waals surface area (Å²) in [6, 6.07) is 0. The molecular formula is C14H19N3OS. The van der Waals surface area contributed by atoms with E-state index in [2.05, 4.69) is 10.3 Å². The summed E-state index contributed by atoms with van der Waals surface area (Å²) in [5.74, 6) is 1.06. The highest BCUT2D eigenvalue weighted by Crippen LogP contribution is 2.19. The summed E-state index contributed by atoms with van der Waals surface area (Å²) in [6.07, 6.45) is 8.61. The van der Waals surface area contributed by atoms with Gasteiger partial charge in [-0.25, -0.2) is 4.98 Å². The molecule has 0 spiro atoms. The topological polar surface area (TPSA) is 46.4 Å². The van der Waals surface area contributed by atoms with E-state index in [4.69, 9.17) is 0 Å². The third-order valence-corrected chi connectivity index (χ3v) is 4.58. The molecule has 0 aliphatic carbocycles. The van der Waals surface area contributed by atoms with Gasteiger partial charge in [0.1, 0.15) is 5.78 Å². The lowest BCUT2D eigenvalue weighted by Crippen LogP contribution is -2.28. The molecule has 1 saturated heterocycles. The van der Waals surface area contributed by atoms with E-state index in [0.29, 0.717) is 18.6 Å². The molecule has 0 atom stereocenters. The summed E-state index contributed by atoms with van der Waals surface area (Å²) < 4.78 is 1.99. The summed E-state index contributed by atoms with van der Waals surface area (Å²) in [7, 11) is 0. The monoisotopic (exact) mass is 277 g/mol. The number of piperidine rings is 1. The highest BCUT2D eigenvalue weighted by Gasteiger charge is 2.15. The first kappa shape index (κ1) is 12.8. The molecule has 1 N–H and O–H groups in total. The van der Waals surface area contributed by atoms with Crippen LogP contribution < -0.4 is 5.32 Å². The number of ketones is 1. The predicted octanol–water partition coefficient (Wildman–Crippen LogP) is 2.29. The fraction of sp³-hybridized carbons (Fsp3) is 0.571. The van der Waals surface area contributed by atoms with Crippen molar-refractivity contribution in [3.63, 3.8) is 0 Å². The van der Waals surface area contributed by atoms with Gasteiger partial charge in [0.15, 0.2) is 4.96 Å². The number of hydrogen-bond acceptors (Lipinski definition) is 4. The molecule has 0 radical (unpaired) electrons. The number of fused-ring (bicyclic) bond motifs is 1. The third kappa shape index (κ3) is 3.22. The summed E-state index contributed by atoms with van der Waals surface area (Å²) in [5.41, 5.74) is 0.905. The van der Waals surface area contributed by atoms with E-state index in [9.17, 15) is 4.79 Å². The summed E-state index contributed by atoms with van der Waals surface area (Å²) >= 11 is 1.60. The predicted molar refractivity (Wildman–Crippen MR) is 76.6 cm³/mol. The van der Waals surface area contributed by atoms with Crippen molar-refractivity contribution in [2.45, 2.75) is 32.1 Å². The van der Waals surface area contributed by atoms with E-state index in [-0.39, 0.29) is 0 Å². The van der Waals surface area contributed by atoms with E-state index in [1.54, 1.807) is 11.3 Å². The van der Waals surface area contributed by atoms with Gasteiger partial charge in [0, 0.05) is 24.2 Å². The molecule has 1 aliphatic rings. The molecule has 1 fully saturated rings. The summed E-state index contributed by atoms with van der Waals surface area (Å²) in [6.45, 7) is 2.21. The minimum Gasteiger partial charge on any atom is -0.317 e. The zero-order valence-corrected chi connectivity index (χ0v) is 11.8. The largest absolute Gasteiger partial charge is 0.317 e. The highest BCUT2D eigenvalue weighted by atomic mass is 32.1. The second kappa shape index (κ2) is 5.84. The van der Waals surface area contributed by atoms with Gasteiger partial charge in [-0.3, -0.25) is 9.20 Å². The van der Waals surface area contributed by atoms with Gasteiger partial charge in [-0.2, -0.15) is 0 Å². The molecule has 3 heterocycles. The van der Waals surface area contributed by atoms with Gasteiger partial charge in [0.25, 0.3) is 0 Å². The molecule has 5 heteroatoms. The molecule has 1 aliphatic heterocycles. The van der Waals surface area contributed by atoms with Crippen molar-refractivity contribution in [1.29, 1.82) is 0 Å². The van der Waals surface area contributed by atoms with E-state index in [1.165, 1.54) is 12.8 Å². The lowest BCUT2D eigenvalue weighted by atomic mass is 9.92. The molecule has 0 amide bonds. The zero-order valence-electron chi connectivity index (χ0n) is 11.0. The number of nitrogens with zero attached hydrogens (tertiary/aromatic N) is 2. The Bertz CT molecular complexity index is 525. The lowest BCUT2D eigenvalue weighted by molar-refractivity contribution is -0.118. The third-order valence-electron chi connectivity index (χ3n) is 3.81. The molecule has 0 bridgehead atoms. The Morgan fingerprint density at radius 2 is 2.32 bits per heavy atom. The van der Waals surface area contributed by atoms with Crippen LogP contribution in [0.2, 0.25) is 0 Å². The number of aromatic nitrogens is 2. The minimum atomic E-state index is 0.323. The van der Waals surface area contributed by atoms with E-state index in [0.717, 1.165) is 36.1 Å². The normalized spacial score (nSPS) is 17.1. The Morgan fingerprint density at radius 1 is 1.47 bits per heavy atom. The van der Waals surface area contributed by atoms with Crippen LogP contribution in [-0.2, 0) is 11.2 Å². The number of carbonyl (C=O) groups is 1. The molecular weight excluding hydrogens is 258 g/mol. The Morgan fingerprint density at radius 3 is 3.11 bits per heavy atom. The van der Waals surface area contributed by atoms with Gasteiger partial charge in [-0.1, -0.05) is 0 Å². The second-order valence-electron chi connectivity index (χ2n) is 5.27. The fourth-order valence-corrected chi connectivity index (χ4v) is 3.41. The molecule has 19 heavy (non-hydrogen) atoms. The highest BCUT2D eigenvalue weighted by molar-refractivity contribution is 7.15.